The summed E-state index contributed by atoms with van der Waals surface area (Å²) < 4.78 is 13.1. The molecule has 21 heavy (non-hydrogen) atoms. The van der Waals surface area contributed by atoms with E-state index in [9.17, 15) is 14.0 Å². The summed E-state index contributed by atoms with van der Waals surface area (Å²) in [6.45, 7) is 0. The molecule has 0 bridgehead atoms. The molecule has 1 aromatic carbocycles. The van der Waals surface area contributed by atoms with Crippen LogP contribution in [0.3, 0.4) is 0 Å². The third-order valence-corrected chi connectivity index (χ3v) is 3.00. The molecule has 0 saturated heterocycles. The zero-order valence-corrected chi connectivity index (χ0v) is 11.7. The lowest BCUT2D eigenvalue weighted by Gasteiger charge is -2.10. The van der Waals surface area contributed by atoms with Gasteiger partial charge < -0.3 is 10.6 Å². The fraction of sp³-hybridized carbons (Fsp3) is 0.0714. The lowest BCUT2D eigenvalue weighted by atomic mass is 10.1. The van der Waals surface area contributed by atoms with Crippen molar-refractivity contribution in [3.05, 3.63) is 58.6 Å². The first-order valence-electron chi connectivity index (χ1n) is 5.96. The van der Waals surface area contributed by atoms with Gasteiger partial charge >= 0.3 is 0 Å². The monoisotopic (exact) mass is 307 g/mol. The summed E-state index contributed by atoms with van der Waals surface area (Å²) in [5.41, 5.74) is 0.472. The SMILES string of the molecule is CNC(=O)c1ccccc1NC(=O)c1cc(F)cnc1Cl. The fourth-order valence-corrected chi connectivity index (χ4v) is 1.89. The number of aromatic nitrogens is 1. The topological polar surface area (TPSA) is 71.1 Å². The van der Waals surface area contributed by atoms with Crippen LogP contribution < -0.4 is 10.6 Å². The number of pyridine rings is 1. The Morgan fingerprint density at radius 3 is 2.62 bits per heavy atom. The predicted molar refractivity (Wildman–Crippen MR) is 77.0 cm³/mol. The van der Waals surface area contributed by atoms with Gasteiger partial charge in [-0.05, 0) is 18.2 Å². The number of carbonyl (C=O) groups is 2. The van der Waals surface area contributed by atoms with E-state index in [0.29, 0.717) is 5.69 Å². The number of hydrogen-bond acceptors (Lipinski definition) is 3. The predicted octanol–water partition coefficient (Wildman–Crippen LogP) is 2.49. The Morgan fingerprint density at radius 2 is 1.90 bits per heavy atom. The minimum absolute atomic E-state index is 0.108. The maximum Gasteiger partial charge on any atom is 0.258 e. The second-order valence-electron chi connectivity index (χ2n) is 4.07. The van der Waals surface area contributed by atoms with Gasteiger partial charge in [0.1, 0.15) is 11.0 Å². The molecule has 0 spiro atoms. The zero-order valence-electron chi connectivity index (χ0n) is 11.0. The molecule has 2 amide bonds. The summed E-state index contributed by atoms with van der Waals surface area (Å²) in [5.74, 6) is -1.68. The van der Waals surface area contributed by atoms with Gasteiger partial charge in [0.25, 0.3) is 11.8 Å². The average molecular weight is 308 g/mol. The van der Waals surface area contributed by atoms with Crippen molar-refractivity contribution in [1.29, 1.82) is 0 Å². The molecule has 2 N–H and O–H groups in total. The first-order valence-corrected chi connectivity index (χ1v) is 6.34. The highest BCUT2D eigenvalue weighted by molar-refractivity contribution is 6.33. The second-order valence-corrected chi connectivity index (χ2v) is 4.43. The fourth-order valence-electron chi connectivity index (χ4n) is 1.70. The van der Waals surface area contributed by atoms with Crippen LogP contribution in [0, 0.1) is 5.82 Å². The zero-order chi connectivity index (χ0) is 15.4. The summed E-state index contributed by atoms with van der Waals surface area (Å²) in [4.78, 5) is 27.4. The third kappa shape index (κ3) is 3.35. The van der Waals surface area contributed by atoms with Gasteiger partial charge in [0, 0.05) is 7.05 Å². The Kier molecular flexibility index (Phi) is 4.49. The van der Waals surface area contributed by atoms with Gasteiger partial charge in [-0.2, -0.15) is 0 Å². The van der Waals surface area contributed by atoms with Gasteiger partial charge in [0.2, 0.25) is 0 Å². The summed E-state index contributed by atoms with van der Waals surface area (Å²) in [7, 11) is 1.48. The molecule has 0 aliphatic rings. The first kappa shape index (κ1) is 14.9. The van der Waals surface area contributed by atoms with E-state index >= 15 is 0 Å². The Balaban J connectivity index is 2.32. The molecule has 0 radical (unpaired) electrons. The number of para-hydroxylation sites is 1. The van der Waals surface area contributed by atoms with Crippen LogP contribution in [0.25, 0.3) is 0 Å². The third-order valence-electron chi connectivity index (χ3n) is 2.70. The Morgan fingerprint density at radius 1 is 1.19 bits per heavy atom. The standard InChI is InChI=1S/C14H11ClFN3O2/c1-17-13(20)9-4-2-3-5-11(9)19-14(21)10-6-8(16)7-18-12(10)15/h2-7H,1H3,(H,17,20)(H,19,21). The highest BCUT2D eigenvalue weighted by Crippen LogP contribution is 2.19. The molecule has 0 aliphatic carbocycles. The van der Waals surface area contributed by atoms with Crippen molar-refractivity contribution in [2.45, 2.75) is 0 Å². The van der Waals surface area contributed by atoms with Crippen LogP contribution >= 0.6 is 11.6 Å². The van der Waals surface area contributed by atoms with Crippen molar-refractivity contribution < 1.29 is 14.0 Å². The van der Waals surface area contributed by atoms with Crippen LogP contribution in [-0.2, 0) is 0 Å². The van der Waals surface area contributed by atoms with E-state index in [1.54, 1.807) is 24.3 Å². The lowest BCUT2D eigenvalue weighted by molar-refractivity contribution is 0.0964. The van der Waals surface area contributed by atoms with Crippen molar-refractivity contribution in [1.82, 2.24) is 10.3 Å². The molecule has 108 valence electrons. The number of halogens is 2. The largest absolute Gasteiger partial charge is 0.355 e. The van der Waals surface area contributed by atoms with E-state index in [0.717, 1.165) is 12.3 Å². The normalized spacial score (nSPS) is 10.0. The van der Waals surface area contributed by atoms with Crippen molar-refractivity contribution in [3.63, 3.8) is 0 Å². The maximum absolute atomic E-state index is 13.1. The van der Waals surface area contributed by atoms with Gasteiger partial charge in [-0.25, -0.2) is 9.37 Å². The molecule has 0 aliphatic heterocycles. The minimum Gasteiger partial charge on any atom is -0.355 e. The van der Waals surface area contributed by atoms with Crippen LogP contribution in [0.5, 0.6) is 0 Å². The molecule has 2 aromatic rings. The summed E-state index contributed by atoms with van der Waals surface area (Å²) in [6.07, 6.45) is 0.914. The Hall–Kier alpha value is -2.47. The van der Waals surface area contributed by atoms with E-state index in [1.807, 2.05) is 0 Å². The Bertz CT molecular complexity index is 706. The number of amides is 2. The average Bonchev–Trinajstić information content (AvgIpc) is 2.49. The molecule has 2 rings (SSSR count). The molecule has 1 aromatic heterocycles. The molecule has 0 saturated carbocycles. The number of hydrogen-bond donors (Lipinski definition) is 2. The number of nitrogens with zero attached hydrogens (tertiary/aromatic N) is 1. The second kappa shape index (κ2) is 6.32. The Labute approximate surface area is 125 Å². The molecule has 0 atom stereocenters. The number of anilines is 1. The molecule has 5 nitrogen and oxygen atoms in total. The lowest BCUT2D eigenvalue weighted by Crippen LogP contribution is -2.21. The smallest absolute Gasteiger partial charge is 0.258 e. The highest BCUT2D eigenvalue weighted by Gasteiger charge is 2.16. The van der Waals surface area contributed by atoms with E-state index < -0.39 is 11.7 Å². The highest BCUT2D eigenvalue weighted by atomic mass is 35.5. The van der Waals surface area contributed by atoms with Crippen molar-refractivity contribution in [2.24, 2.45) is 0 Å². The van der Waals surface area contributed by atoms with Crippen LogP contribution in [-0.4, -0.2) is 23.8 Å². The van der Waals surface area contributed by atoms with Crippen molar-refractivity contribution in [2.75, 3.05) is 12.4 Å². The summed E-state index contributed by atoms with van der Waals surface area (Å²) in [5, 5.41) is 4.87. The number of benzene rings is 1. The van der Waals surface area contributed by atoms with E-state index in [-0.39, 0.29) is 22.2 Å². The molecular formula is C14H11ClFN3O2. The van der Waals surface area contributed by atoms with Gasteiger partial charge in [-0.15, -0.1) is 0 Å². The van der Waals surface area contributed by atoms with E-state index in [1.165, 1.54) is 7.05 Å². The van der Waals surface area contributed by atoms with E-state index in [2.05, 4.69) is 15.6 Å². The molecule has 7 heteroatoms. The first-order chi connectivity index (χ1) is 10.0. The van der Waals surface area contributed by atoms with Crippen LogP contribution in [0.2, 0.25) is 5.15 Å². The van der Waals surface area contributed by atoms with Crippen LogP contribution in [0.1, 0.15) is 20.7 Å². The number of rotatable bonds is 3. The molecule has 0 unspecified atom stereocenters. The number of nitrogens with one attached hydrogen (secondary N) is 2. The van der Waals surface area contributed by atoms with Crippen LogP contribution in [0.15, 0.2) is 36.5 Å². The summed E-state index contributed by atoms with van der Waals surface area (Å²) >= 11 is 5.77. The molecular weight excluding hydrogens is 297 g/mol. The van der Waals surface area contributed by atoms with Gasteiger partial charge in [0.05, 0.1) is 23.0 Å². The van der Waals surface area contributed by atoms with Gasteiger partial charge in [0.15, 0.2) is 0 Å². The van der Waals surface area contributed by atoms with Crippen LogP contribution in [0.4, 0.5) is 10.1 Å². The minimum atomic E-state index is -0.677. The van der Waals surface area contributed by atoms with Gasteiger partial charge in [-0.3, -0.25) is 9.59 Å². The molecule has 1 heterocycles. The maximum atomic E-state index is 13.1. The number of carbonyl (C=O) groups excluding carboxylic acids is 2. The van der Waals surface area contributed by atoms with Crippen molar-refractivity contribution in [3.8, 4) is 0 Å². The molecule has 0 fully saturated rings. The van der Waals surface area contributed by atoms with Gasteiger partial charge in [-0.1, -0.05) is 23.7 Å². The quantitative estimate of drug-likeness (QED) is 0.856. The van der Waals surface area contributed by atoms with Crippen molar-refractivity contribution >= 4 is 29.1 Å². The summed E-state index contributed by atoms with van der Waals surface area (Å²) in [6, 6.07) is 7.42. The van der Waals surface area contributed by atoms with E-state index in [4.69, 9.17) is 11.6 Å².